The molecule has 144 valence electrons. The van der Waals surface area contributed by atoms with Gasteiger partial charge in [-0.2, -0.15) is 5.10 Å². The number of rotatable bonds is 5. The van der Waals surface area contributed by atoms with Crippen LogP contribution in [0.4, 0.5) is 0 Å². The van der Waals surface area contributed by atoms with Crippen LogP contribution in [0.1, 0.15) is 49.3 Å². The minimum Gasteiger partial charge on any atom is -0.480 e. The highest BCUT2D eigenvalue weighted by Crippen LogP contribution is 2.32. The van der Waals surface area contributed by atoms with E-state index in [0.29, 0.717) is 5.92 Å². The number of carboxylic acid groups (broad SMARTS) is 1. The zero-order valence-corrected chi connectivity index (χ0v) is 15.7. The number of benzene rings is 1. The molecule has 2 N–H and O–H groups in total. The number of aromatic nitrogens is 2. The lowest BCUT2D eigenvalue weighted by Gasteiger charge is -2.30. The zero-order valence-electron chi connectivity index (χ0n) is 15.7. The average molecular weight is 368 g/mol. The molecule has 0 spiro atoms. The maximum atomic E-state index is 10.9. The summed E-state index contributed by atoms with van der Waals surface area (Å²) in [6, 6.07) is 6.49. The van der Waals surface area contributed by atoms with Gasteiger partial charge in [0, 0.05) is 30.1 Å². The van der Waals surface area contributed by atoms with Crippen LogP contribution in [-0.2, 0) is 4.79 Å². The summed E-state index contributed by atoms with van der Waals surface area (Å²) in [6.45, 7) is 4.11. The SMILES string of the molecule is O=C(O)CN1CCC(c2[nH]nc3cc(C=CN4CCCCC4)ccc23)CC1. The van der Waals surface area contributed by atoms with Crippen LogP contribution >= 0.6 is 0 Å². The summed E-state index contributed by atoms with van der Waals surface area (Å²) in [5.74, 6) is -0.319. The summed E-state index contributed by atoms with van der Waals surface area (Å²) >= 11 is 0. The van der Waals surface area contributed by atoms with Gasteiger partial charge >= 0.3 is 5.97 Å². The fraction of sp³-hybridized carbons (Fsp3) is 0.524. The zero-order chi connectivity index (χ0) is 18.6. The number of aromatic amines is 1. The molecule has 6 heteroatoms. The van der Waals surface area contributed by atoms with Gasteiger partial charge in [0.05, 0.1) is 12.1 Å². The molecule has 2 aliphatic rings. The number of H-pyrrole nitrogens is 1. The number of carboxylic acids is 1. The molecule has 4 rings (SSSR count). The molecule has 3 heterocycles. The summed E-state index contributed by atoms with van der Waals surface area (Å²) < 4.78 is 0. The Hall–Kier alpha value is -2.34. The first kappa shape index (κ1) is 18.0. The molecular formula is C21H28N4O2. The molecule has 2 saturated heterocycles. The number of piperidine rings is 2. The lowest BCUT2D eigenvalue weighted by molar-refractivity contribution is -0.138. The lowest BCUT2D eigenvalue weighted by Crippen LogP contribution is -2.36. The lowest BCUT2D eigenvalue weighted by atomic mass is 9.91. The number of likely N-dealkylation sites (tertiary alicyclic amines) is 2. The highest BCUT2D eigenvalue weighted by atomic mass is 16.4. The van der Waals surface area contributed by atoms with E-state index >= 15 is 0 Å². The van der Waals surface area contributed by atoms with Gasteiger partial charge in [0.1, 0.15) is 0 Å². The van der Waals surface area contributed by atoms with E-state index in [2.05, 4.69) is 45.6 Å². The number of hydrogen-bond donors (Lipinski definition) is 2. The molecule has 2 aromatic rings. The largest absolute Gasteiger partial charge is 0.480 e. The minimum atomic E-state index is -0.745. The summed E-state index contributed by atoms with van der Waals surface area (Å²) in [4.78, 5) is 15.3. The van der Waals surface area contributed by atoms with Crippen LogP contribution in [0.3, 0.4) is 0 Å². The van der Waals surface area contributed by atoms with Crippen LogP contribution < -0.4 is 0 Å². The van der Waals surface area contributed by atoms with Crippen molar-refractivity contribution in [2.24, 2.45) is 0 Å². The van der Waals surface area contributed by atoms with Gasteiger partial charge in [-0.1, -0.05) is 12.1 Å². The minimum absolute atomic E-state index is 0.142. The van der Waals surface area contributed by atoms with Gasteiger partial charge in [-0.3, -0.25) is 14.8 Å². The molecule has 0 atom stereocenters. The van der Waals surface area contributed by atoms with Crippen molar-refractivity contribution in [1.82, 2.24) is 20.0 Å². The second-order valence-electron chi connectivity index (χ2n) is 7.77. The first-order valence-electron chi connectivity index (χ1n) is 10.0. The highest BCUT2D eigenvalue weighted by molar-refractivity contribution is 5.84. The number of carbonyl (C=O) groups is 1. The second kappa shape index (κ2) is 8.13. The molecule has 2 fully saturated rings. The van der Waals surface area contributed by atoms with Crippen LogP contribution in [0.15, 0.2) is 24.4 Å². The van der Waals surface area contributed by atoms with Crippen molar-refractivity contribution in [1.29, 1.82) is 0 Å². The van der Waals surface area contributed by atoms with Crippen LogP contribution in [0.2, 0.25) is 0 Å². The van der Waals surface area contributed by atoms with Crippen LogP contribution in [0, 0.1) is 0 Å². The van der Waals surface area contributed by atoms with Crippen LogP contribution in [0.5, 0.6) is 0 Å². The van der Waals surface area contributed by atoms with Gasteiger partial charge in [-0.05, 0) is 69.1 Å². The van der Waals surface area contributed by atoms with Gasteiger partial charge in [0.25, 0.3) is 0 Å². The second-order valence-corrected chi connectivity index (χ2v) is 7.77. The Kier molecular flexibility index (Phi) is 5.43. The van der Waals surface area contributed by atoms with Crippen molar-refractivity contribution in [3.05, 3.63) is 35.7 Å². The maximum Gasteiger partial charge on any atom is 0.317 e. The Morgan fingerprint density at radius 2 is 1.96 bits per heavy atom. The molecule has 6 nitrogen and oxygen atoms in total. The Labute approximate surface area is 159 Å². The molecule has 0 radical (unpaired) electrons. The Morgan fingerprint density at radius 1 is 1.19 bits per heavy atom. The number of aliphatic carboxylic acids is 1. The van der Waals surface area contributed by atoms with E-state index in [1.807, 2.05) is 4.90 Å². The Bertz CT molecular complexity index is 815. The van der Waals surface area contributed by atoms with Crippen molar-refractivity contribution < 1.29 is 9.90 Å². The molecule has 0 unspecified atom stereocenters. The third-order valence-corrected chi connectivity index (χ3v) is 5.83. The van der Waals surface area contributed by atoms with Gasteiger partial charge in [-0.25, -0.2) is 0 Å². The molecule has 1 aromatic carbocycles. The molecule has 0 aliphatic carbocycles. The van der Waals surface area contributed by atoms with Gasteiger partial charge in [-0.15, -0.1) is 0 Å². The molecule has 27 heavy (non-hydrogen) atoms. The van der Waals surface area contributed by atoms with Crippen molar-refractivity contribution in [3.8, 4) is 0 Å². The standard InChI is InChI=1S/C21H28N4O2/c26-20(27)15-25-12-7-17(8-13-25)21-18-5-4-16(14-19(18)22-23-21)6-11-24-9-2-1-3-10-24/h4-6,11,14,17H,1-3,7-10,12-13,15H2,(H,22,23)(H,26,27). The van der Waals surface area contributed by atoms with Crippen molar-refractivity contribution >= 4 is 22.9 Å². The van der Waals surface area contributed by atoms with E-state index in [1.165, 1.54) is 35.9 Å². The third-order valence-electron chi connectivity index (χ3n) is 5.83. The number of nitrogens with one attached hydrogen (secondary N) is 1. The van der Waals surface area contributed by atoms with Gasteiger partial charge in [0.2, 0.25) is 0 Å². The molecule has 1 aromatic heterocycles. The number of hydrogen-bond acceptors (Lipinski definition) is 4. The van der Waals surface area contributed by atoms with E-state index in [4.69, 9.17) is 5.11 Å². The third kappa shape index (κ3) is 4.33. The summed E-state index contributed by atoms with van der Waals surface area (Å²) in [7, 11) is 0. The summed E-state index contributed by atoms with van der Waals surface area (Å²) in [5, 5.41) is 17.9. The molecular weight excluding hydrogens is 340 g/mol. The predicted molar refractivity (Wildman–Crippen MR) is 107 cm³/mol. The fourth-order valence-corrected chi connectivity index (χ4v) is 4.29. The molecule has 0 saturated carbocycles. The van der Waals surface area contributed by atoms with E-state index in [1.54, 1.807) is 0 Å². The summed E-state index contributed by atoms with van der Waals surface area (Å²) in [5.41, 5.74) is 3.40. The average Bonchev–Trinajstić information content (AvgIpc) is 3.10. The van der Waals surface area contributed by atoms with E-state index in [9.17, 15) is 4.79 Å². The van der Waals surface area contributed by atoms with Gasteiger partial charge < -0.3 is 10.0 Å². The van der Waals surface area contributed by atoms with Crippen LogP contribution in [-0.4, -0.2) is 63.8 Å². The first-order chi connectivity index (χ1) is 13.2. The van der Waals surface area contributed by atoms with Crippen LogP contribution in [0.25, 0.3) is 17.0 Å². The Morgan fingerprint density at radius 3 is 2.70 bits per heavy atom. The number of nitrogens with zero attached hydrogens (tertiary/aromatic N) is 3. The molecule has 0 bridgehead atoms. The molecule has 2 aliphatic heterocycles. The first-order valence-corrected chi connectivity index (χ1v) is 10.0. The highest BCUT2D eigenvalue weighted by Gasteiger charge is 2.24. The fourth-order valence-electron chi connectivity index (χ4n) is 4.29. The summed E-state index contributed by atoms with van der Waals surface area (Å²) in [6.07, 6.45) is 10.3. The normalized spacial score (nSPS) is 19.9. The van der Waals surface area contributed by atoms with Crippen molar-refractivity contribution in [3.63, 3.8) is 0 Å². The Balaban J connectivity index is 1.43. The predicted octanol–water partition coefficient (Wildman–Crippen LogP) is 3.28. The van der Waals surface area contributed by atoms with Crippen molar-refractivity contribution in [2.45, 2.75) is 38.0 Å². The monoisotopic (exact) mass is 368 g/mol. The number of fused-ring (bicyclic) bond motifs is 1. The van der Waals surface area contributed by atoms with E-state index < -0.39 is 5.97 Å². The topological polar surface area (TPSA) is 72.5 Å². The smallest absolute Gasteiger partial charge is 0.317 e. The van der Waals surface area contributed by atoms with E-state index in [0.717, 1.165) is 44.5 Å². The van der Waals surface area contributed by atoms with Crippen molar-refractivity contribution in [2.75, 3.05) is 32.7 Å². The molecule has 0 amide bonds. The quantitative estimate of drug-likeness (QED) is 0.847. The van der Waals surface area contributed by atoms with E-state index in [-0.39, 0.29) is 6.54 Å². The maximum absolute atomic E-state index is 10.9. The van der Waals surface area contributed by atoms with Gasteiger partial charge in [0.15, 0.2) is 0 Å².